The number of aromatic nitrogens is 1. The van der Waals surface area contributed by atoms with E-state index < -0.39 is 16.0 Å². The fourth-order valence-corrected chi connectivity index (χ4v) is 3.72. The van der Waals surface area contributed by atoms with Crippen molar-refractivity contribution in [3.63, 3.8) is 0 Å². The summed E-state index contributed by atoms with van der Waals surface area (Å²) in [5.74, 6) is -1.14. The number of carbonyl (C=O) groups is 1. The maximum atomic E-state index is 12.0. The zero-order valence-electron chi connectivity index (χ0n) is 10.5. The summed E-state index contributed by atoms with van der Waals surface area (Å²) in [6.07, 6.45) is 3.24. The molecule has 0 atom stereocenters. The first-order valence-electron chi connectivity index (χ1n) is 5.62. The lowest BCUT2D eigenvalue weighted by molar-refractivity contribution is 0.0702. The topological polar surface area (TPSA) is 96.4 Å². The number of carboxylic acid groups (broad SMARTS) is 1. The van der Waals surface area contributed by atoms with Gasteiger partial charge >= 0.3 is 5.97 Å². The lowest BCUT2D eigenvalue weighted by Gasteiger charge is -2.06. The van der Waals surface area contributed by atoms with Crippen LogP contribution in [0.2, 0.25) is 0 Å². The first kappa shape index (κ1) is 14.6. The van der Waals surface area contributed by atoms with E-state index >= 15 is 0 Å². The number of nitrogens with zero attached hydrogens (tertiary/aromatic N) is 1. The fourth-order valence-electron chi connectivity index (χ4n) is 1.52. The number of hydrogen-bond acceptors (Lipinski definition) is 5. The lowest BCUT2D eigenvalue weighted by Crippen LogP contribution is -2.22. The maximum absolute atomic E-state index is 12.0. The molecule has 0 radical (unpaired) electrons. The number of pyridine rings is 1. The summed E-state index contributed by atoms with van der Waals surface area (Å²) in [6, 6.07) is 4.30. The monoisotopic (exact) mass is 312 g/mol. The third kappa shape index (κ3) is 3.21. The molecule has 0 aliphatic rings. The van der Waals surface area contributed by atoms with Crippen LogP contribution < -0.4 is 4.72 Å². The lowest BCUT2D eigenvalue weighted by atomic mass is 10.2. The van der Waals surface area contributed by atoms with Gasteiger partial charge in [0.05, 0.1) is 0 Å². The van der Waals surface area contributed by atoms with Crippen LogP contribution in [-0.2, 0) is 16.6 Å². The van der Waals surface area contributed by atoms with E-state index in [0.29, 0.717) is 0 Å². The van der Waals surface area contributed by atoms with Crippen LogP contribution in [-0.4, -0.2) is 24.5 Å². The van der Waals surface area contributed by atoms with Gasteiger partial charge in [-0.25, -0.2) is 17.9 Å². The molecule has 2 heterocycles. The van der Waals surface area contributed by atoms with E-state index in [0.717, 1.165) is 22.5 Å². The molecule has 0 fully saturated rings. The number of aromatic carboxylic acids is 1. The average Bonchev–Trinajstić information content (AvgIpc) is 2.88. The summed E-state index contributed by atoms with van der Waals surface area (Å²) in [6.45, 7) is 1.97. The third-order valence-electron chi connectivity index (χ3n) is 2.65. The summed E-state index contributed by atoms with van der Waals surface area (Å²) in [5.41, 5.74) is 1.70. The summed E-state index contributed by atoms with van der Waals surface area (Å²) >= 11 is 0.725. The Bertz CT molecular complexity index is 737. The Balaban J connectivity index is 2.15. The van der Waals surface area contributed by atoms with Gasteiger partial charge in [0.25, 0.3) is 0 Å². The van der Waals surface area contributed by atoms with E-state index in [1.165, 1.54) is 12.1 Å². The molecule has 0 unspecified atom stereocenters. The van der Waals surface area contributed by atoms with Crippen molar-refractivity contribution in [1.29, 1.82) is 0 Å². The highest BCUT2D eigenvalue weighted by molar-refractivity contribution is 7.91. The zero-order chi connectivity index (χ0) is 14.8. The molecule has 2 aromatic rings. The highest BCUT2D eigenvalue weighted by Crippen LogP contribution is 2.21. The molecule has 20 heavy (non-hydrogen) atoms. The van der Waals surface area contributed by atoms with Crippen LogP contribution in [0.4, 0.5) is 0 Å². The van der Waals surface area contributed by atoms with Crippen molar-refractivity contribution in [1.82, 2.24) is 9.71 Å². The quantitative estimate of drug-likeness (QED) is 0.874. The minimum absolute atomic E-state index is 0.00883. The van der Waals surface area contributed by atoms with Crippen molar-refractivity contribution in [2.45, 2.75) is 17.7 Å². The summed E-state index contributed by atoms with van der Waals surface area (Å²) in [4.78, 5) is 14.7. The molecule has 0 bridgehead atoms. The van der Waals surface area contributed by atoms with Gasteiger partial charge in [0.15, 0.2) is 0 Å². The fraction of sp³-hybridized carbons (Fsp3) is 0.167. The third-order valence-corrected chi connectivity index (χ3v) is 5.61. The standard InChI is InChI=1S/C12H12N2O4S2/c1-8-6-13-5-4-9(8)7-14-20(17,18)11-3-2-10(19-11)12(15)16/h2-6,14H,7H2,1H3,(H,15,16). The Morgan fingerprint density at radius 2 is 2.15 bits per heavy atom. The molecule has 0 amide bonds. The van der Waals surface area contributed by atoms with Crippen LogP contribution in [0.25, 0.3) is 0 Å². The molecule has 8 heteroatoms. The number of nitrogens with one attached hydrogen (secondary N) is 1. The van der Waals surface area contributed by atoms with Crippen molar-refractivity contribution in [3.05, 3.63) is 46.6 Å². The first-order valence-corrected chi connectivity index (χ1v) is 7.92. The number of carboxylic acids is 1. The molecule has 0 aliphatic heterocycles. The normalized spacial score (nSPS) is 11.4. The average molecular weight is 312 g/mol. The molecule has 0 saturated carbocycles. The molecular formula is C12H12N2O4S2. The minimum Gasteiger partial charge on any atom is -0.477 e. The second-order valence-corrected chi connectivity index (χ2v) is 7.13. The highest BCUT2D eigenvalue weighted by atomic mass is 32.2. The van der Waals surface area contributed by atoms with Crippen LogP contribution in [0.3, 0.4) is 0 Å². The van der Waals surface area contributed by atoms with Crippen molar-refractivity contribution in [2.75, 3.05) is 0 Å². The molecule has 2 N–H and O–H groups in total. The smallest absolute Gasteiger partial charge is 0.345 e. The summed E-state index contributed by atoms with van der Waals surface area (Å²) < 4.78 is 26.5. The van der Waals surface area contributed by atoms with Crippen molar-refractivity contribution in [3.8, 4) is 0 Å². The molecule has 0 spiro atoms. The van der Waals surface area contributed by atoms with Gasteiger partial charge in [-0.1, -0.05) is 0 Å². The number of rotatable bonds is 5. The van der Waals surface area contributed by atoms with E-state index in [1.807, 2.05) is 6.92 Å². The van der Waals surface area contributed by atoms with Crippen LogP contribution >= 0.6 is 11.3 Å². The molecule has 6 nitrogen and oxygen atoms in total. The molecular weight excluding hydrogens is 300 g/mol. The van der Waals surface area contributed by atoms with Crippen LogP contribution in [0.1, 0.15) is 20.8 Å². The van der Waals surface area contributed by atoms with Crippen molar-refractivity contribution >= 4 is 27.3 Å². The predicted molar refractivity (Wildman–Crippen MR) is 74.3 cm³/mol. The Morgan fingerprint density at radius 1 is 1.40 bits per heavy atom. The Labute approximate surface area is 120 Å². The van der Waals surface area contributed by atoms with Gasteiger partial charge in [-0.15, -0.1) is 11.3 Å². The number of sulfonamides is 1. The van der Waals surface area contributed by atoms with Gasteiger partial charge in [-0.3, -0.25) is 4.98 Å². The van der Waals surface area contributed by atoms with Gasteiger partial charge in [-0.2, -0.15) is 0 Å². The van der Waals surface area contributed by atoms with E-state index in [-0.39, 0.29) is 15.6 Å². The second kappa shape index (κ2) is 5.70. The second-order valence-electron chi connectivity index (χ2n) is 4.05. The van der Waals surface area contributed by atoms with Gasteiger partial charge < -0.3 is 5.11 Å². The van der Waals surface area contributed by atoms with E-state index in [2.05, 4.69) is 9.71 Å². The van der Waals surface area contributed by atoms with E-state index in [1.54, 1.807) is 18.5 Å². The predicted octanol–water partition coefficient (Wildman–Crippen LogP) is 1.63. The van der Waals surface area contributed by atoms with Gasteiger partial charge in [0.1, 0.15) is 9.09 Å². The molecule has 106 valence electrons. The van der Waals surface area contributed by atoms with E-state index in [4.69, 9.17) is 5.11 Å². The van der Waals surface area contributed by atoms with Crippen molar-refractivity contribution in [2.24, 2.45) is 0 Å². The maximum Gasteiger partial charge on any atom is 0.345 e. The van der Waals surface area contributed by atoms with Crippen LogP contribution in [0.5, 0.6) is 0 Å². The Hall–Kier alpha value is -1.77. The van der Waals surface area contributed by atoms with Crippen molar-refractivity contribution < 1.29 is 18.3 Å². The van der Waals surface area contributed by atoms with Gasteiger partial charge in [-0.05, 0) is 36.2 Å². The number of hydrogen-bond donors (Lipinski definition) is 2. The SMILES string of the molecule is Cc1cnccc1CNS(=O)(=O)c1ccc(C(=O)O)s1. The minimum atomic E-state index is -3.70. The summed E-state index contributed by atoms with van der Waals surface area (Å²) in [7, 11) is -3.70. The zero-order valence-corrected chi connectivity index (χ0v) is 12.2. The van der Waals surface area contributed by atoms with Gasteiger partial charge in [0, 0.05) is 18.9 Å². The Morgan fingerprint density at radius 3 is 2.75 bits per heavy atom. The highest BCUT2D eigenvalue weighted by Gasteiger charge is 2.18. The largest absolute Gasteiger partial charge is 0.477 e. The summed E-state index contributed by atoms with van der Waals surface area (Å²) in [5, 5.41) is 8.80. The number of thiophene rings is 1. The Kier molecular flexibility index (Phi) is 4.17. The first-order chi connectivity index (χ1) is 9.40. The molecule has 0 saturated heterocycles. The number of aryl methyl sites for hydroxylation is 1. The van der Waals surface area contributed by atoms with Crippen LogP contribution in [0.15, 0.2) is 34.8 Å². The van der Waals surface area contributed by atoms with Gasteiger partial charge in [0.2, 0.25) is 10.0 Å². The van der Waals surface area contributed by atoms with E-state index in [9.17, 15) is 13.2 Å². The van der Waals surface area contributed by atoms with Crippen LogP contribution in [0, 0.1) is 6.92 Å². The molecule has 2 aromatic heterocycles. The molecule has 0 aromatic carbocycles. The molecule has 0 aliphatic carbocycles. The molecule has 2 rings (SSSR count).